The Balaban J connectivity index is 1.57. The van der Waals surface area contributed by atoms with E-state index in [4.69, 9.17) is 13.9 Å². The van der Waals surface area contributed by atoms with Crippen LogP contribution in [0.4, 0.5) is 5.69 Å². The number of amides is 1. The lowest BCUT2D eigenvalue weighted by molar-refractivity contribution is -0.114. The lowest BCUT2D eigenvalue weighted by atomic mass is 10.1. The molecule has 2 heterocycles. The zero-order valence-electron chi connectivity index (χ0n) is 16.7. The van der Waals surface area contributed by atoms with Crippen LogP contribution in [0.3, 0.4) is 0 Å². The van der Waals surface area contributed by atoms with Gasteiger partial charge in [-0.15, -0.1) is 0 Å². The van der Waals surface area contributed by atoms with E-state index in [0.29, 0.717) is 12.1 Å². The SMILES string of the molecule is COc1cc(C=C(C#N)C(=O)N2CCc3ccccc32)ccc1OC(=O)c1ccco1. The van der Waals surface area contributed by atoms with Gasteiger partial charge in [0, 0.05) is 12.2 Å². The molecule has 0 atom stereocenters. The predicted molar refractivity (Wildman–Crippen MR) is 113 cm³/mol. The van der Waals surface area contributed by atoms with Crippen molar-refractivity contribution in [2.24, 2.45) is 0 Å². The number of carbonyl (C=O) groups excluding carboxylic acids is 2. The average Bonchev–Trinajstić information content (AvgIpc) is 3.48. The van der Waals surface area contributed by atoms with Crippen molar-refractivity contribution in [3.63, 3.8) is 0 Å². The maximum Gasteiger partial charge on any atom is 0.379 e. The molecule has 0 radical (unpaired) electrons. The second-order valence-electron chi connectivity index (χ2n) is 6.78. The molecule has 1 amide bonds. The monoisotopic (exact) mass is 414 g/mol. The highest BCUT2D eigenvalue weighted by molar-refractivity contribution is 6.12. The van der Waals surface area contributed by atoms with Crippen molar-refractivity contribution >= 4 is 23.6 Å². The van der Waals surface area contributed by atoms with E-state index in [1.54, 1.807) is 23.1 Å². The van der Waals surface area contributed by atoms with Gasteiger partial charge in [-0.25, -0.2) is 4.79 Å². The molecule has 3 aromatic rings. The molecule has 1 aliphatic heterocycles. The summed E-state index contributed by atoms with van der Waals surface area (Å²) >= 11 is 0. The fraction of sp³-hybridized carbons (Fsp3) is 0.125. The summed E-state index contributed by atoms with van der Waals surface area (Å²) in [5.74, 6) is -0.481. The second-order valence-corrected chi connectivity index (χ2v) is 6.78. The van der Waals surface area contributed by atoms with Crippen molar-refractivity contribution in [3.05, 3.63) is 83.3 Å². The van der Waals surface area contributed by atoms with Crippen molar-refractivity contribution in [1.29, 1.82) is 5.26 Å². The molecular formula is C24H18N2O5. The first-order chi connectivity index (χ1) is 15.1. The highest BCUT2D eigenvalue weighted by Crippen LogP contribution is 2.31. The van der Waals surface area contributed by atoms with Crippen LogP contribution in [0.1, 0.15) is 21.7 Å². The Bertz CT molecular complexity index is 1200. The molecule has 31 heavy (non-hydrogen) atoms. The summed E-state index contributed by atoms with van der Waals surface area (Å²) in [6.07, 6.45) is 3.62. The molecule has 1 aliphatic rings. The number of nitrogens with zero attached hydrogens (tertiary/aromatic N) is 2. The Labute approximate surface area is 178 Å². The maximum atomic E-state index is 13.0. The number of ether oxygens (including phenoxy) is 2. The van der Waals surface area contributed by atoms with Crippen LogP contribution in [0, 0.1) is 11.3 Å². The predicted octanol–water partition coefficient (Wildman–Crippen LogP) is 4.00. The smallest absolute Gasteiger partial charge is 0.379 e. The van der Waals surface area contributed by atoms with Crippen molar-refractivity contribution in [2.75, 3.05) is 18.6 Å². The Morgan fingerprint density at radius 3 is 2.71 bits per heavy atom. The number of rotatable bonds is 5. The third-order valence-corrected chi connectivity index (χ3v) is 4.91. The Kier molecular flexibility index (Phi) is 5.54. The van der Waals surface area contributed by atoms with Gasteiger partial charge in [0.2, 0.25) is 5.76 Å². The van der Waals surface area contributed by atoms with E-state index in [2.05, 4.69) is 0 Å². The molecule has 0 N–H and O–H groups in total. The van der Waals surface area contributed by atoms with Gasteiger partial charge in [0.15, 0.2) is 11.5 Å². The van der Waals surface area contributed by atoms with Gasteiger partial charge in [-0.05, 0) is 54.0 Å². The zero-order chi connectivity index (χ0) is 21.8. The number of benzene rings is 2. The number of methoxy groups -OCH3 is 1. The van der Waals surface area contributed by atoms with Gasteiger partial charge < -0.3 is 18.8 Å². The number of nitriles is 1. The van der Waals surface area contributed by atoms with Crippen LogP contribution in [0.15, 0.2) is 70.9 Å². The number of anilines is 1. The summed E-state index contributed by atoms with van der Waals surface area (Å²) < 4.78 is 15.7. The van der Waals surface area contributed by atoms with Gasteiger partial charge in [0.05, 0.1) is 13.4 Å². The summed E-state index contributed by atoms with van der Waals surface area (Å²) in [6, 6.07) is 17.5. The van der Waals surface area contributed by atoms with Crippen LogP contribution in [0.2, 0.25) is 0 Å². The molecule has 1 aromatic heterocycles. The van der Waals surface area contributed by atoms with Crippen molar-refractivity contribution in [2.45, 2.75) is 6.42 Å². The Hall–Kier alpha value is -4.31. The average molecular weight is 414 g/mol. The highest BCUT2D eigenvalue weighted by Gasteiger charge is 2.26. The summed E-state index contributed by atoms with van der Waals surface area (Å²) in [4.78, 5) is 26.7. The fourth-order valence-electron chi connectivity index (χ4n) is 3.41. The van der Waals surface area contributed by atoms with Crippen molar-refractivity contribution < 1.29 is 23.5 Å². The number of furan rings is 1. The number of hydrogen-bond acceptors (Lipinski definition) is 6. The van der Waals surface area contributed by atoms with E-state index < -0.39 is 5.97 Å². The minimum atomic E-state index is -0.660. The number of fused-ring (bicyclic) bond motifs is 1. The number of carbonyl (C=O) groups is 2. The van der Waals surface area contributed by atoms with Gasteiger partial charge in [-0.3, -0.25) is 4.79 Å². The van der Waals surface area contributed by atoms with Gasteiger partial charge in [-0.2, -0.15) is 5.26 Å². The molecule has 0 saturated heterocycles. The lowest BCUT2D eigenvalue weighted by Crippen LogP contribution is -2.29. The lowest BCUT2D eigenvalue weighted by Gasteiger charge is -2.16. The van der Waals surface area contributed by atoms with Gasteiger partial charge in [0.1, 0.15) is 11.6 Å². The molecule has 0 saturated carbocycles. The van der Waals surface area contributed by atoms with E-state index in [1.165, 1.54) is 31.6 Å². The third kappa shape index (κ3) is 4.05. The normalized spacial score (nSPS) is 12.8. The van der Waals surface area contributed by atoms with Crippen molar-refractivity contribution in [3.8, 4) is 17.6 Å². The molecule has 0 bridgehead atoms. The number of para-hydroxylation sites is 1. The molecule has 0 aliphatic carbocycles. The standard InChI is InChI=1S/C24H18N2O5/c1-29-22-14-16(8-9-20(22)31-24(28)21-7-4-12-30-21)13-18(15-25)23(27)26-11-10-17-5-2-3-6-19(17)26/h2-9,12-14H,10-11H2,1H3. The minimum absolute atomic E-state index is 0.000846. The van der Waals surface area contributed by atoms with Crippen LogP contribution >= 0.6 is 0 Å². The van der Waals surface area contributed by atoms with Crippen LogP contribution in [-0.2, 0) is 11.2 Å². The Morgan fingerprint density at radius 1 is 1.13 bits per heavy atom. The van der Waals surface area contributed by atoms with Gasteiger partial charge >= 0.3 is 5.97 Å². The molecule has 7 nitrogen and oxygen atoms in total. The summed E-state index contributed by atoms with van der Waals surface area (Å²) in [6.45, 7) is 0.530. The van der Waals surface area contributed by atoms with Gasteiger partial charge in [-0.1, -0.05) is 24.3 Å². The quantitative estimate of drug-likeness (QED) is 0.271. The fourth-order valence-corrected chi connectivity index (χ4v) is 3.41. The molecule has 2 aromatic carbocycles. The third-order valence-electron chi connectivity index (χ3n) is 4.91. The molecule has 0 spiro atoms. The van der Waals surface area contributed by atoms with E-state index >= 15 is 0 Å². The first-order valence-corrected chi connectivity index (χ1v) is 9.56. The zero-order valence-corrected chi connectivity index (χ0v) is 16.7. The van der Waals surface area contributed by atoms with Crippen LogP contribution in [0.5, 0.6) is 11.5 Å². The van der Waals surface area contributed by atoms with E-state index in [0.717, 1.165) is 17.7 Å². The molecular weight excluding hydrogens is 396 g/mol. The van der Waals surface area contributed by atoms with E-state index in [9.17, 15) is 14.9 Å². The van der Waals surface area contributed by atoms with Crippen LogP contribution in [-0.4, -0.2) is 25.5 Å². The first-order valence-electron chi connectivity index (χ1n) is 9.56. The molecule has 154 valence electrons. The summed E-state index contributed by atoms with van der Waals surface area (Å²) in [5, 5.41) is 9.59. The largest absolute Gasteiger partial charge is 0.493 e. The minimum Gasteiger partial charge on any atom is -0.493 e. The summed E-state index contributed by atoms with van der Waals surface area (Å²) in [7, 11) is 1.44. The molecule has 4 rings (SSSR count). The van der Waals surface area contributed by atoms with Crippen LogP contribution in [0.25, 0.3) is 6.08 Å². The number of hydrogen-bond donors (Lipinski definition) is 0. The number of esters is 1. The van der Waals surface area contributed by atoms with Crippen molar-refractivity contribution in [1.82, 2.24) is 0 Å². The molecule has 0 fully saturated rings. The molecule has 7 heteroatoms. The topological polar surface area (TPSA) is 92.8 Å². The van der Waals surface area contributed by atoms with E-state index in [-0.39, 0.29) is 28.7 Å². The van der Waals surface area contributed by atoms with E-state index in [1.807, 2.05) is 30.3 Å². The van der Waals surface area contributed by atoms with Crippen LogP contribution < -0.4 is 14.4 Å². The first kappa shape index (κ1) is 20.0. The maximum absolute atomic E-state index is 13.0. The summed E-state index contributed by atoms with van der Waals surface area (Å²) in [5.41, 5.74) is 2.47. The molecule has 0 unspecified atom stereocenters. The second kappa shape index (κ2) is 8.59. The Morgan fingerprint density at radius 2 is 1.97 bits per heavy atom. The van der Waals surface area contributed by atoms with Gasteiger partial charge in [0.25, 0.3) is 5.91 Å². The highest BCUT2D eigenvalue weighted by atomic mass is 16.6.